The molecule has 24 heavy (non-hydrogen) atoms. The van der Waals surface area contributed by atoms with Gasteiger partial charge in [0, 0.05) is 22.1 Å². The number of hydrogen-bond donors (Lipinski definition) is 3. The lowest BCUT2D eigenvalue weighted by Gasteiger charge is -2.14. The summed E-state index contributed by atoms with van der Waals surface area (Å²) in [7, 11) is 0. The first-order valence-electron chi connectivity index (χ1n) is 8.35. The molecule has 0 radical (unpaired) electrons. The molecule has 1 heterocycles. The van der Waals surface area contributed by atoms with Gasteiger partial charge in [0.2, 0.25) is 5.91 Å². The number of likely N-dealkylation sites (tertiary alicyclic amines) is 1. The summed E-state index contributed by atoms with van der Waals surface area (Å²) in [6, 6.07) is 18.7. The van der Waals surface area contributed by atoms with Crippen LogP contribution in [0.5, 0.6) is 0 Å². The van der Waals surface area contributed by atoms with Crippen molar-refractivity contribution >= 4 is 27.5 Å². The minimum absolute atomic E-state index is 0.0591. The van der Waals surface area contributed by atoms with Gasteiger partial charge in [0.15, 0.2) is 0 Å². The summed E-state index contributed by atoms with van der Waals surface area (Å²) in [4.78, 5) is 13.6. The van der Waals surface area contributed by atoms with Gasteiger partial charge in [-0.2, -0.15) is 0 Å². The number of anilines is 1. The highest BCUT2D eigenvalue weighted by molar-refractivity contribution is 9.10. The molecule has 1 fully saturated rings. The second-order valence-corrected chi connectivity index (χ2v) is 7.20. The number of hydrogen-bond acceptors (Lipinski definition) is 2. The van der Waals surface area contributed by atoms with Crippen LogP contribution in [-0.2, 0) is 11.3 Å². The van der Waals surface area contributed by atoms with Gasteiger partial charge in [0.1, 0.15) is 6.54 Å². The van der Waals surface area contributed by atoms with Crippen molar-refractivity contribution < 1.29 is 9.69 Å². The van der Waals surface area contributed by atoms with Crippen LogP contribution in [0.2, 0.25) is 0 Å². The Hall–Kier alpha value is -1.85. The number of halogens is 1. The number of carbonyl (C=O) groups excluding carboxylic acids is 1. The predicted molar refractivity (Wildman–Crippen MR) is 100 cm³/mol. The fraction of sp³-hybridized carbons (Fsp3) is 0.316. The molecule has 5 heteroatoms. The van der Waals surface area contributed by atoms with Gasteiger partial charge in [-0.25, -0.2) is 0 Å². The van der Waals surface area contributed by atoms with E-state index >= 15 is 0 Å². The molecule has 2 aromatic rings. The Bertz CT molecular complexity index is 660. The third kappa shape index (κ3) is 5.08. The van der Waals surface area contributed by atoms with E-state index in [0.29, 0.717) is 6.54 Å². The quantitative estimate of drug-likeness (QED) is 0.706. The molecule has 3 rings (SSSR count). The SMILES string of the molecule is O=C(CNc1ccc(Br)cc1)N[C@@H]1CC[NH+](Cc2ccccc2)C1. The molecule has 0 aromatic heterocycles. The lowest BCUT2D eigenvalue weighted by Crippen LogP contribution is -3.09. The van der Waals surface area contributed by atoms with E-state index in [1.807, 2.05) is 30.3 Å². The molecule has 0 spiro atoms. The average molecular weight is 389 g/mol. The third-order valence-electron chi connectivity index (χ3n) is 4.34. The molecule has 2 atom stereocenters. The van der Waals surface area contributed by atoms with Crippen LogP contribution in [0.4, 0.5) is 5.69 Å². The first-order chi connectivity index (χ1) is 11.7. The van der Waals surface area contributed by atoms with Gasteiger partial charge in [0.05, 0.1) is 25.7 Å². The Labute approximate surface area is 151 Å². The summed E-state index contributed by atoms with van der Waals surface area (Å²) in [5, 5.41) is 6.30. The highest BCUT2D eigenvalue weighted by Gasteiger charge is 2.27. The molecule has 0 bridgehead atoms. The van der Waals surface area contributed by atoms with Crippen LogP contribution >= 0.6 is 15.9 Å². The molecule has 4 nitrogen and oxygen atoms in total. The molecule has 0 aliphatic carbocycles. The second-order valence-electron chi connectivity index (χ2n) is 6.28. The molecule has 126 valence electrons. The van der Waals surface area contributed by atoms with Crippen LogP contribution in [0.1, 0.15) is 12.0 Å². The molecule has 1 saturated heterocycles. The van der Waals surface area contributed by atoms with Crippen molar-refractivity contribution in [2.24, 2.45) is 0 Å². The van der Waals surface area contributed by atoms with E-state index in [0.717, 1.165) is 36.2 Å². The zero-order valence-electron chi connectivity index (χ0n) is 13.6. The molecule has 2 aromatic carbocycles. The fourth-order valence-electron chi connectivity index (χ4n) is 3.13. The fourth-order valence-corrected chi connectivity index (χ4v) is 3.39. The summed E-state index contributed by atoms with van der Waals surface area (Å²) >= 11 is 3.40. The first-order valence-corrected chi connectivity index (χ1v) is 9.14. The predicted octanol–water partition coefficient (Wildman–Crippen LogP) is 1.83. The van der Waals surface area contributed by atoms with Gasteiger partial charge < -0.3 is 15.5 Å². The summed E-state index contributed by atoms with van der Waals surface area (Å²) in [5.74, 6) is 0.0591. The highest BCUT2D eigenvalue weighted by Crippen LogP contribution is 2.13. The molecular weight excluding hydrogens is 366 g/mol. The summed E-state index contributed by atoms with van der Waals surface area (Å²) in [6.45, 7) is 3.45. The topological polar surface area (TPSA) is 45.6 Å². The van der Waals surface area contributed by atoms with Crippen LogP contribution in [0.25, 0.3) is 0 Å². The zero-order valence-corrected chi connectivity index (χ0v) is 15.2. The molecule has 1 unspecified atom stereocenters. The van der Waals surface area contributed by atoms with E-state index < -0.39 is 0 Å². The largest absolute Gasteiger partial charge is 0.376 e. The maximum Gasteiger partial charge on any atom is 0.239 e. The number of quaternary nitrogens is 1. The van der Waals surface area contributed by atoms with Crippen molar-refractivity contribution in [1.82, 2.24) is 5.32 Å². The Morgan fingerprint density at radius 2 is 1.88 bits per heavy atom. The minimum atomic E-state index is 0.0591. The summed E-state index contributed by atoms with van der Waals surface area (Å²) in [5.41, 5.74) is 2.31. The van der Waals surface area contributed by atoms with Crippen LogP contribution < -0.4 is 15.5 Å². The molecule has 1 aliphatic rings. The number of benzene rings is 2. The van der Waals surface area contributed by atoms with E-state index in [9.17, 15) is 4.79 Å². The van der Waals surface area contributed by atoms with Crippen LogP contribution in [0, 0.1) is 0 Å². The van der Waals surface area contributed by atoms with Crippen molar-refractivity contribution in [3.63, 3.8) is 0 Å². The van der Waals surface area contributed by atoms with Crippen molar-refractivity contribution in [2.75, 3.05) is 25.0 Å². The molecular formula is C19H23BrN3O+. The van der Waals surface area contributed by atoms with E-state index in [1.165, 1.54) is 10.5 Å². The summed E-state index contributed by atoms with van der Waals surface area (Å²) < 4.78 is 1.03. The van der Waals surface area contributed by atoms with E-state index in [2.05, 4.69) is 50.8 Å². The maximum atomic E-state index is 12.1. The molecule has 1 aliphatic heterocycles. The lowest BCUT2D eigenvalue weighted by molar-refractivity contribution is -0.901. The zero-order chi connectivity index (χ0) is 16.8. The maximum absolute atomic E-state index is 12.1. The van der Waals surface area contributed by atoms with Crippen molar-refractivity contribution in [3.8, 4) is 0 Å². The van der Waals surface area contributed by atoms with E-state index in [4.69, 9.17) is 0 Å². The van der Waals surface area contributed by atoms with Crippen molar-refractivity contribution in [3.05, 3.63) is 64.6 Å². The van der Waals surface area contributed by atoms with Gasteiger partial charge >= 0.3 is 0 Å². The van der Waals surface area contributed by atoms with E-state index in [1.54, 1.807) is 0 Å². The number of amides is 1. The van der Waals surface area contributed by atoms with Gasteiger partial charge in [-0.05, 0) is 24.3 Å². The van der Waals surface area contributed by atoms with E-state index in [-0.39, 0.29) is 11.9 Å². The van der Waals surface area contributed by atoms with Crippen LogP contribution in [-0.4, -0.2) is 31.6 Å². The number of carbonyl (C=O) groups is 1. The molecule has 3 N–H and O–H groups in total. The Kier molecular flexibility index (Phi) is 5.88. The van der Waals surface area contributed by atoms with Crippen LogP contribution in [0.15, 0.2) is 59.1 Å². The van der Waals surface area contributed by atoms with Crippen molar-refractivity contribution in [1.29, 1.82) is 0 Å². The Balaban J connectivity index is 1.40. The average Bonchev–Trinajstić information content (AvgIpc) is 3.02. The number of rotatable bonds is 6. The lowest BCUT2D eigenvalue weighted by atomic mass is 10.2. The van der Waals surface area contributed by atoms with Crippen LogP contribution in [0.3, 0.4) is 0 Å². The molecule has 1 amide bonds. The van der Waals surface area contributed by atoms with Gasteiger partial charge in [-0.1, -0.05) is 46.3 Å². The third-order valence-corrected chi connectivity index (χ3v) is 4.87. The summed E-state index contributed by atoms with van der Waals surface area (Å²) in [6.07, 6.45) is 1.05. The normalized spacial score (nSPS) is 19.9. The Morgan fingerprint density at radius 1 is 1.12 bits per heavy atom. The minimum Gasteiger partial charge on any atom is -0.376 e. The van der Waals surface area contributed by atoms with Gasteiger partial charge in [-0.15, -0.1) is 0 Å². The van der Waals surface area contributed by atoms with Crippen molar-refractivity contribution in [2.45, 2.75) is 19.0 Å². The highest BCUT2D eigenvalue weighted by atomic mass is 79.9. The smallest absolute Gasteiger partial charge is 0.239 e. The Morgan fingerprint density at radius 3 is 2.62 bits per heavy atom. The van der Waals surface area contributed by atoms with Gasteiger partial charge in [-0.3, -0.25) is 4.79 Å². The van der Waals surface area contributed by atoms with Gasteiger partial charge in [0.25, 0.3) is 0 Å². The first kappa shape index (κ1) is 17.0. The number of nitrogens with one attached hydrogen (secondary N) is 3. The molecule has 0 saturated carbocycles. The monoisotopic (exact) mass is 388 g/mol. The second kappa shape index (κ2) is 8.31. The standard InChI is InChI=1S/C19H22BrN3O/c20-16-6-8-17(9-7-16)21-12-19(24)22-18-10-11-23(14-18)13-15-4-2-1-3-5-15/h1-9,18,21H,10-14H2,(H,22,24)/p+1/t18-/m1/s1.